The number of hydrogen-bond donors (Lipinski definition) is 1. The number of aryl methyl sites for hydroxylation is 2. The van der Waals surface area contributed by atoms with E-state index in [0.29, 0.717) is 30.1 Å². The molecule has 0 aliphatic carbocycles. The lowest BCUT2D eigenvalue weighted by Crippen LogP contribution is -2.28. The highest BCUT2D eigenvalue weighted by atomic mass is 32.2. The van der Waals surface area contributed by atoms with Crippen molar-refractivity contribution in [1.82, 2.24) is 4.31 Å². The van der Waals surface area contributed by atoms with Gasteiger partial charge in [0.15, 0.2) is 5.76 Å². The van der Waals surface area contributed by atoms with E-state index in [4.69, 9.17) is 9.15 Å². The average Bonchev–Trinajstić information content (AvgIpc) is 3.40. The Balaban J connectivity index is 1.90. The van der Waals surface area contributed by atoms with Gasteiger partial charge in [0.1, 0.15) is 15.7 Å². The van der Waals surface area contributed by atoms with E-state index in [1.807, 2.05) is 13.8 Å². The molecule has 1 amide bonds. The molecule has 2 aromatic rings. The van der Waals surface area contributed by atoms with Crippen LogP contribution < -0.4 is 5.32 Å². The van der Waals surface area contributed by atoms with Gasteiger partial charge in [-0.1, -0.05) is 6.92 Å². The van der Waals surface area contributed by atoms with Crippen molar-refractivity contribution in [2.75, 3.05) is 25.0 Å². The maximum absolute atomic E-state index is 12.8. The third kappa shape index (κ3) is 4.17. The van der Waals surface area contributed by atoms with Crippen LogP contribution >= 0.6 is 11.3 Å². The lowest BCUT2D eigenvalue weighted by Gasteiger charge is -2.14. The normalized spacial score (nSPS) is 14.8. The molecule has 1 N–H and O–H groups in total. The summed E-state index contributed by atoms with van der Waals surface area (Å²) in [5.74, 6) is -1.07. The zero-order valence-electron chi connectivity index (χ0n) is 17.5. The molecular formula is C20H26N2O6S2. The molecule has 2 aromatic heterocycles. The van der Waals surface area contributed by atoms with Crippen LogP contribution in [-0.2, 0) is 21.2 Å². The van der Waals surface area contributed by atoms with E-state index in [-0.39, 0.29) is 23.0 Å². The van der Waals surface area contributed by atoms with Gasteiger partial charge in [0.2, 0.25) is 10.0 Å². The number of nitrogens with one attached hydrogen (secondary N) is 1. The molecule has 1 saturated heterocycles. The number of sulfonamides is 1. The first-order valence-corrected chi connectivity index (χ1v) is 12.2. The predicted octanol–water partition coefficient (Wildman–Crippen LogP) is 3.73. The average molecular weight is 455 g/mol. The number of anilines is 1. The van der Waals surface area contributed by atoms with Gasteiger partial charge in [0.25, 0.3) is 5.91 Å². The predicted molar refractivity (Wildman–Crippen MR) is 114 cm³/mol. The number of carbonyl (C=O) groups is 2. The van der Waals surface area contributed by atoms with Gasteiger partial charge in [-0.3, -0.25) is 4.79 Å². The minimum absolute atomic E-state index is 0.00299. The third-order valence-electron chi connectivity index (χ3n) is 5.05. The zero-order chi connectivity index (χ0) is 22.1. The molecule has 1 fully saturated rings. The number of thiophene rings is 1. The van der Waals surface area contributed by atoms with E-state index < -0.39 is 21.9 Å². The van der Waals surface area contributed by atoms with Crippen LogP contribution in [0.1, 0.15) is 63.8 Å². The van der Waals surface area contributed by atoms with Gasteiger partial charge in [-0.15, -0.1) is 11.3 Å². The second-order valence-corrected chi connectivity index (χ2v) is 10.1. The topological polar surface area (TPSA) is 106 Å². The first kappa shape index (κ1) is 22.5. The second-order valence-electron chi connectivity index (χ2n) is 7.01. The standard InChI is InChI=1S/C20H26N2O6S2/c1-5-14-13(4)29-19(17(14)20(24)27-6-2)21-18(23)15-11-16(12(3)28-15)30(25,26)22-9-7-8-10-22/h11H,5-10H2,1-4H3,(H,21,23). The number of esters is 1. The van der Waals surface area contributed by atoms with Crippen LogP contribution in [-0.4, -0.2) is 44.3 Å². The molecule has 0 unspecified atom stereocenters. The van der Waals surface area contributed by atoms with Crippen LogP contribution in [0.3, 0.4) is 0 Å². The van der Waals surface area contributed by atoms with Crippen molar-refractivity contribution in [2.24, 2.45) is 0 Å². The van der Waals surface area contributed by atoms with Gasteiger partial charge in [-0.2, -0.15) is 4.31 Å². The highest BCUT2D eigenvalue weighted by Gasteiger charge is 2.32. The molecule has 30 heavy (non-hydrogen) atoms. The van der Waals surface area contributed by atoms with Crippen LogP contribution in [0.4, 0.5) is 5.00 Å². The van der Waals surface area contributed by atoms with Crippen LogP contribution in [0, 0.1) is 13.8 Å². The van der Waals surface area contributed by atoms with E-state index in [0.717, 1.165) is 23.3 Å². The van der Waals surface area contributed by atoms with E-state index in [2.05, 4.69) is 5.32 Å². The molecule has 0 spiro atoms. The molecule has 10 heteroatoms. The Bertz CT molecular complexity index is 1060. The number of carbonyl (C=O) groups excluding carboxylic acids is 2. The summed E-state index contributed by atoms with van der Waals surface area (Å²) in [7, 11) is -3.70. The van der Waals surface area contributed by atoms with Gasteiger partial charge < -0.3 is 14.5 Å². The van der Waals surface area contributed by atoms with Crippen LogP contribution in [0.15, 0.2) is 15.4 Å². The van der Waals surface area contributed by atoms with E-state index in [1.165, 1.54) is 28.6 Å². The first-order chi connectivity index (χ1) is 14.2. The van der Waals surface area contributed by atoms with Crippen molar-refractivity contribution in [3.63, 3.8) is 0 Å². The summed E-state index contributed by atoms with van der Waals surface area (Å²) >= 11 is 1.28. The fraction of sp³-hybridized carbons (Fsp3) is 0.500. The highest BCUT2D eigenvalue weighted by molar-refractivity contribution is 7.89. The zero-order valence-corrected chi connectivity index (χ0v) is 19.2. The Morgan fingerprint density at radius 2 is 1.90 bits per heavy atom. The molecule has 164 valence electrons. The number of ether oxygens (including phenoxy) is 1. The van der Waals surface area contributed by atoms with Crippen LogP contribution in [0.25, 0.3) is 0 Å². The van der Waals surface area contributed by atoms with E-state index >= 15 is 0 Å². The van der Waals surface area contributed by atoms with Crippen LogP contribution in [0.5, 0.6) is 0 Å². The number of amides is 1. The maximum atomic E-state index is 12.8. The van der Waals surface area contributed by atoms with E-state index in [1.54, 1.807) is 6.92 Å². The SMILES string of the molecule is CCOC(=O)c1c(NC(=O)c2cc(S(=O)(=O)N3CCCC3)c(C)o2)sc(C)c1CC. The molecule has 0 radical (unpaired) electrons. The van der Waals surface area contributed by atoms with Crippen molar-refractivity contribution in [1.29, 1.82) is 0 Å². The summed E-state index contributed by atoms with van der Waals surface area (Å²) in [6.07, 6.45) is 2.25. The van der Waals surface area contributed by atoms with Gasteiger partial charge in [0, 0.05) is 24.0 Å². The molecule has 1 aliphatic heterocycles. The van der Waals surface area contributed by atoms with E-state index in [9.17, 15) is 18.0 Å². The summed E-state index contributed by atoms with van der Waals surface area (Å²) in [5, 5.41) is 3.07. The molecule has 0 bridgehead atoms. The molecule has 0 atom stereocenters. The quantitative estimate of drug-likeness (QED) is 0.639. The maximum Gasteiger partial charge on any atom is 0.341 e. The van der Waals surface area contributed by atoms with Crippen molar-refractivity contribution >= 4 is 38.2 Å². The summed E-state index contributed by atoms with van der Waals surface area (Å²) in [5.41, 5.74) is 1.16. The lowest BCUT2D eigenvalue weighted by atomic mass is 10.1. The molecule has 0 saturated carbocycles. The first-order valence-electron chi connectivity index (χ1n) is 9.92. The van der Waals surface area contributed by atoms with Gasteiger partial charge in [-0.25, -0.2) is 13.2 Å². The van der Waals surface area contributed by atoms with Gasteiger partial charge in [-0.05, 0) is 45.6 Å². The highest BCUT2D eigenvalue weighted by Crippen LogP contribution is 2.35. The largest absolute Gasteiger partial charge is 0.462 e. The number of hydrogen-bond acceptors (Lipinski definition) is 7. The monoisotopic (exact) mass is 454 g/mol. The molecule has 8 nitrogen and oxygen atoms in total. The fourth-order valence-electron chi connectivity index (χ4n) is 3.58. The molecule has 0 aromatic carbocycles. The molecule has 3 rings (SSSR count). The minimum Gasteiger partial charge on any atom is -0.462 e. The fourth-order valence-corrected chi connectivity index (χ4v) is 6.38. The Hall–Kier alpha value is -2.17. The Kier molecular flexibility index (Phi) is 6.68. The Labute approximate surface area is 180 Å². The van der Waals surface area contributed by atoms with Gasteiger partial charge in [0.05, 0.1) is 12.2 Å². The lowest BCUT2D eigenvalue weighted by molar-refractivity contribution is 0.0527. The smallest absolute Gasteiger partial charge is 0.341 e. The van der Waals surface area contributed by atoms with Crippen molar-refractivity contribution in [3.05, 3.63) is 33.6 Å². The van der Waals surface area contributed by atoms with Gasteiger partial charge >= 0.3 is 5.97 Å². The third-order valence-corrected chi connectivity index (χ3v) is 8.12. The molecule has 3 heterocycles. The Morgan fingerprint density at radius 3 is 2.50 bits per heavy atom. The number of rotatable bonds is 7. The summed E-state index contributed by atoms with van der Waals surface area (Å²) < 4.78 is 37.7. The van der Waals surface area contributed by atoms with Crippen molar-refractivity contribution < 1.29 is 27.2 Å². The molecule has 1 aliphatic rings. The summed E-state index contributed by atoms with van der Waals surface area (Å²) in [4.78, 5) is 26.2. The minimum atomic E-state index is -3.70. The summed E-state index contributed by atoms with van der Waals surface area (Å²) in [6, 6.07) is 1.25. The van der Waals surface area contributed by atoms with Crippen molar-refractivity contribution in [3.8, 4) is 0 Å². The summed E-state index contributed by atoms with van der Waals surface area (Å²) in [6.45, 7) is 8.19. The van der Waals surface area contributed by atoms with Crippen LogP contribution in [0.2, 0.25) is 0 Å². The number of nitrogens with zero attached hydrogens (tertiary/aromatic N) is 1. The second kappa shape index (κ2) is 8.91. The number of furan rings is 1. The Morgan fingerprint density at radius 1 is 1.23 bits per heavy atom. The van der Waals surface area contributed by atoms with Crippen molar-refractivity contribution in [2.45, 2.75) is 51.9 Å². The molecular weight excluding hydrogens is 428 g/mol.